The van der Waals surface area contributed by atoms with Crippen LogP contribution in [0.3, 0.4) is 0 Å². The average Bonchev–Trinajstić information content (AvgIpc) is 3.02. The Morgan fingerprint density at radius 2 is 1.86 bits per heavy atom. The second-order valence-corrected chi connectivity index (χ2v) is 5.40. The van der Waals surface area contributed by atoms with E-state index in [2.05, 4.69) is 5.32 Å². The highest BCUT2D eigenvalue weighted by Gasteiger charge is 2.19. The van der Waals surface area contributed by atoms with Gasteiger partial charge in [-0.15, -0.1) is 11.3 Å². The molecule has 0 saturated carbocycles. The van der Waals surface area contributed by atoms with Crippen molar-refractivity contribution in [2.45, 2.75) is 13.0 Å². The third-order valence-corrected chi connectivity index (χ3v) is 3.66. The molecular formula is C15H14N2O4S. The third-order valence-electron chi connectivity index (χ3n) is 2.81. The van der Waals surface area contributed by atoms with Crippen molar-refractivity contribution < 1.29 is 19.1 Å². The predicted molar refractivity (Wildman–Crippen MR) is 82.8 cm³/mol. The maximum Gasteiger partial charge on any atom is 0.349 e. The van der Waals surface area contributed by atoms with E-state index in [1.165, 1.54) is 30.4 Å². The first-order chi connectivity index (χ1) is 10.5. The van der Waals surface area contributed by atoms with Crippen molar-refractivity contribution in [3.63, 3.8) is 0 Å². The zero-order valence-corrected chi connectivity index (χ0v) is 12.6. The Bertz CT molecular complexity index is 680. The second kappa shape index (κ2) is 6.86. The lowest BCUT2D eigenvalue weighted by atomic mass is 10.2. The molecule has 22 heavy (non-hydrogen) atoms. The largest absolute Gasteiger partial charge is 0.448 e. The highest BCUT2D eigenvalue weighted by molar-refractivity contribution is 7.11. The lowest BCUT2D eigenvalue weighted by molar-refractivity contribution is -0.123. The molecule has 7 heteroatoms. The number of nitrogens with one attached hydrogen (secondary N) is 1. The highest BCUT2D eigenvalue weighted by Crippen LogP contribution is 2.13. The fourth-order valence-electron chi connectivity index (χ4n) is 1.63. The summed E-state index contributed by atoms with van der Waals surface area (Å²) in [4.78, 5) is 35.1. The van der Waals surface area contributed by atoms with E-state index in [-0.39, 0.29) is 0 Å². The number of carbonyl (C=O) groups is 3. The molecule has 2 rings (SSSR count). The summed E-state index contributed by atoms with van der Waals surface area (Å²) < 4.78 is 5.08. The van der Waals surface area contributed by atoms with Gasteiger partial charge in [0.2, 0.25) is 5.91 Å². The van der Waals surface area contributed by atoms with Crippen molar-refractivity contribution in [2.24, 2.45) is 5.73 Å². The summed E-state index contributed by atoms with van der Waals surface area (Å²) in [5.41, 5.74) is 5.96. The zero-order valence-electron chi connectivity index (χ0n) is 11.7. The molecular weight excluding hydrogens is 304 g/mol. The van der Waals surface area contributed by atoms with Gasteiger partial charge < -0.3 is 15.8 Å². The quantitative estimate of drug-likeness (QED) is 0.824. The molecule has 6 nitrogen and oxygen atoms in total. The Kier molecular flexibility index (Phi) is 4.90. The molecule has 1 aromatic heterocycles. The smallest absolute Gasteiger partial charge is 0.349 e. The van der Waals surface area contributed by atoms with E-state index in [0.717, 1.165) is 0 Å². The molecule has 0 unspecified atom stereocenters. The second-order valence-electron chi connectivity index (χ2n) is 4.46. The van der Waals surface area contributed by atoms with Crippen LogP contribution in [-0.2, 0) is 9.53 Å². The van der Waals surface area contributed by atoms with Gasteiger partial charge in [0.25, 0.3) is 5.91 Å². The fraction of sp³-hybridized carbons (Fsp3) is 0.133. The summed E-state index contributed by atoms with van der Waals surface area (Å²) in [6.07, 6.45) is -0.939. The molecule has 1 atom stereocenters. The number of ether oxygens (including phenoxy) is 1. The van der Waals surface area contributed by atoms with Crippen molar-refractivity contribution in [3.8, 4) is 0 Å². The summed E-state index contributed by atoms with van der Waals surface area (Å²) in [6, 6.07) is 9.45. The summed E-state index contributed by atoms with van der Waals surface area (Å²) in [7, 11) is 0. The average molecular weight is 318 g/mol. The molecule has 0 saturated heterocycles. The molecule has 114 valence electrons. The van der Waals surface area contributed by atoms with Crippen LogP contribution in [0.25, 0.3) is 0 Å². The molecule has 2 aromatic rings. The number of esters is 1. The number of carbonyl (C=O) groups excluding carboxylic acids is 3. The lowest BCUT2D eigenvalue weighted by Gasteiger charge is -2.13. The van der Waals surface area contributed by atoms with Crippen LogP contribution in [0.15, 0.2) is 41.8 Å². The molecule has 0 bridgehead atoms. The SMILES string of the molecule is C[C@@H](OC(=O)c1cccs1)C(=O)Nc1ccc(C(N)=O)cc1. The van der Waals surface area contributed by atoms with Gasteiger partial charge in [0.15, 0.2) is 6.10 Å². The van der Waals surface area contributed by atoms with E-state index in [1.807, 2.05) is 0 Å². The molecule has 0 radical (unpaired) electrons. The van der Waals surface area contributed by atoms with Crippen LogP contribution >= 0.6 is 11.3 Å². The van der Waals surface area contributed by atoms with Gasteiger partial charge >= 0.3 is 5.97 Å². The number of hydrogen-bond acceptors (Lipinski definition) is 5. The standard InChI is InChI=1S/C15H14N2O4S/c1-9(21-15(20)12-3-2-8-22-12)14(19)17-11-6-4-10(5-7-11)13(16)18/h2-9H,1H3,(H2,16,18)(H,17,19)/t9-/m1/s1. The number of nitrogens with two attached hydrogens (primary N) is 1. The first kappa shape index (κ1) is 15.7. The van der Waals surface area contributed by atoms with Gasteiger partial charge in [0.05, 0.1) is 0 Å². The molecule has 0 fully saturated rings. The van der Waals surface area contributed by atoms with E-state index in [9.17, 15) is 14.4 Å². The van der Waals surface area contributed by atoms with Crippen LogP contribution in [-0.4, -0.2) is 23.9 Å². The molecule has 1 heterocycles. The summed E-state index contributed by atoms with van der Waals surface area (Å²) >= 11 is 1.24. The van der Waals surface area contributed by atoms with Gasteiger partial charge in [-0.25, -0.2) is 4.79 Å². The van der Waals surface area contributed by atoms with Gasteiger partial charge in [-0.3, -0.25) is 9.59 Å². The number of primary amides is 1. The minimum atomic E-state index is -0.939. The molecule has 3 N–H and O–H groups in total. The van der Waals surface area contributed by atoms with Crippen LogP contribution in [0.2, 0.25) is 0 Å². The van der Waals surface area contributed by atoms with E-state index in [0.29, 0.717) is 16.1 Å². The van der Waals surface area contributed by atoms with Crippen LogP contribution < -0.4 is 11.1 Å². The van der Waals surface area contributed by atoms with E-state index < -0.39 is 23.9 Å². The lowest BCUT2D eigenvalue weighted by Crippen LogP contribution is -2.29. The highest BCUT2D eigenvalue weighted by atomic mass is 32.1. The van der Waals surface area contributed by atoms with E-state index in [1.54, 1.807) is 29.6 Å². The van der Waals surface area contributed by atoms with Crippen LogP contribution in [0.1, 0.15) is 27.0 Å². The molecule has 2 amide bonds. The van der Waals surface area contributed by atoms with Gasteiger partial charge in [0, 0.05) is 11.3 Å². The number of anilines is 1. The van der Waals surface area contributed by atoms with Crippen molar-refractivity contribution >= 4 is 34.8 Å². The van der Waals surface area contributed by atoms with Gasteiger partial charge in [-0.2, -0.15) is 0 Å². The Balaban J connectivity index is 1.93. The van der Waals surface area contributed by atoms with Crippen molar-refractivity contribution in [1.82, 2.24) is 0 Å². The maximum absolute atomic E-state index is 12.0. The summed E-state index contributed by atoms with van der Waals surface area (Å²) in [6.45, 7) is 1.48. The molecule has 0 aliphatic heterocycles. The van der Waals surface area contributed by atoms with E-state index in [4.69, 9.17) is 10.5 Å². The minimum absolute atomic E-state index is 0.343. The Labute approximate surface area is 130 Å². The van der Waals surface area contributed by atoms with Gasteiger partial charge in [-0.1, -0.05) is 6.07 Å². The molecule has 0 aliphatic carbocycles. The first-order valence-electron chi connectivity index (χ1n) is 6.42. The Hall–Kier alpha value is -2.67. The number of benzene rings is 1. The van der Waals surface area contributed by atoms with Crippen LogP contribution in [0.5, 0.6) is 0 Å². The minimum Gasteiger partial charge on any atom is -0.448 e. The number of amides is 2. The maximum atomic E-state index is 12.0. The predicted octanol–water partition coefficient (Wildman–Crippen LogP) is 2.03. The van der Waals surface area contributed by atoms with Crippen LogP contribution in [0, 0.1) is 0 Å². The van der Waals surface area contributed by atoms with Crippen molar-refractivity contribution in [2.75, 3.05) is 5.32 Å². The molecule has 0 aliphatic rings. The molecule has 0 spiro atoms. The number of rotatable bonds is 5. The fourth-order valence-corrected chi connectivity index (χ4v) is 2.23. The van der Waals surface area contributed by atoms with Crippen molar-refractivity contribution in [1.29, 1.82) is 0 Å². The monoisotopic (exact) mass is 318 g/mol. The van der Waals surface area contributed by atoms with E-state index >= 15 is 0 Å². The zero-order chi connectivity index (χ0) is 16.1. The summed E-state index contributed by atoms with van der Waals surface area (Å²) in [5, 5.41) is 4.35. The van der Waals surface area contributed by atoms with Gasteiger partial charge in [-0.05, 0) is 42.6 Å². The molecule has 1 aromatic carbocycles. The number of hydrogen-bond donors (Lipinski definition) is 2. The Morgan fingerprint density at radius 3 is 2.41 bits per heavy atom. The third kappa shape index (κ3) is 3.92. The topological polar surface area (TPSA) is 98.5 Å². The summed E-state index contributed by atoms with van der Waals surface area (Å²) in [5.74, 6) is -1.55. The van der Waals surface area contributed by atoms with Gasteiger partial charge in [0.1, 0.15) is 4.88 Å². The normalized spacial score (nSPS) is 11.5. The Morgan fingerprint density at radius 1 is 1.18 bits per heavy atom. The van der Waals surface area contributed by atoms with Crippen LogP contribution in [0.4, 0.5) is 5.69 Å². The number of thiophene rings is 1. The first-order valence-corrected chi connectivity index (χ1v) is 7.30. The van der Waals surface area contributed by atoms with Crippen molar-refractivity contribution in [3.05, 3.63) is 52.2 Å².